The molecule has 0 atom stereocenters. The van der Waals surface area contributed by atoms with Crippen molar-refractivity contribution in [3.05, 3.63) is 119 Å². The average Bonchev–Trinajstić information content (AvgIpc) is 3.09. The van der Waals surface area contributed by atoms with Crippen LogP contribution in [0.5, 0.6) is 0 Å². The number of rotatable bonds is 5. The first kappa shape index (κ1) is 18.7. The summed E-state index contributed by atoms with van der Waals surface area (Å²) in [5, 5.41) is 0. The molecule has 144 valence electrons. The van der Waals surface area contributed by atoms with Crippen LogP contribution < -0.4 is 5.73 Å². The van der Waals surface area contributed by atoms with E-state index >= 15 is 0 Å². The second kappa shape index (κ2) is 7.76. The molecule has 4 heteroatoms. The Morgan fingerprint density at radius 1 is 0.862 bits per heavy atom. The Labute approximate surface area is 170 Å². The number of ether oxygens (including phenoxy) is 1. The van der Waals surface area contributed by atoms with Gasteiger partial charge in [0.1, 0.15) is 11.4 Å². The van der Waals surface area contributed by atoms with Crippen LogP contribution in [0.1, 0.15) is 23.6 Å². The second-order valence-corrected chi connectivity index (χ2v) is 6.79. The molecule has 4 rings (SSSR count). The molecule has 0 amide bonds. The van der Waals surface area contributed by atoms with E-state index in [4.69, 9.17) is 15.5 Å². The largest absolute Gasteiger partial charge is 0.462 e. The van der Waals surface area contributed by atoms with Gasteiger partial charge in [-0.3, -0.25) is 0 Å². The Hall–Kier alpha value is -3.66. The van der Waals surface area contributed by atoms with Crippen LogP contribution in [0.3, 0.4) is 0 Å². The zero-order valence-electron chi connectivity index (χ0n) is 16.2. The van der Waals surface area contributed by atoms with E-state index in [1.54, 1.807) is 6.92 Å². The summed E-state index contributed by atoms with van der Waals surface area (Å²) < 4.78 is 5.43. The summed E-state index contributed by atoms with van der Waals surface area (Å²) in [6.45, 7) is 2.05. The van der Waals surface area contributed by atoms with Crippen molar-refractivity contribution in [2.24, 2.45) is 10.7 Å². The van der Waals surface area contributed by atoms with Crippen LogP contribution in [-0.2, 0) is 14.9 Å². The Bertz CT molecular complexity index is 1030. The first-order valence-electron chi connectivity index (χ1n) is 9.62. The maximum atomic E-state index is 13.2. The molecule has 0 fully saturated rings. The molecule has 0 bridgehead atoms. The first-order valence-corrected chi connectivity index (χ1v) is 9.62. The number of carbonyl (C=O) groups is 1. The average molecular weight is 382 g/mol. The fourth-order valence-corrected chi connectivity index (χ4v) is 4.01. The van der Waals surface area contributed by atoms with Crippen LogP contribution in [0.25, 0.3) is 0 Å². The first-order chi connectivity index (χ1) is 14.2. The summed E-state index contributed by atoms with van der Waals surface area (Å²) in [7, 11) is 0. The van der Waals surface area contributed by atoms with Crippen molar-refractivity contribution in [2.45, 2.75) is 12.3 Å². The van der Waals surface area contributed by atoms with Gasteiger partial charge in [-0.15, -0.1) is 0 Å². The van der Waals surface area contributed by atoms with E-state index in [1.807, 2.05) is 91.0 Å². The van der Waals surface area contributed by atoms with E-state index in [-0.39, 0.29) is 12.4 Å². The molecule has 1 aliphatic rings. The molecule has 0 aromatic heterocycles. The SMILES string of the molecule is CCOC(=O)C1=C(N)N=C(c2ccccc2)C1(c1ccccc1)c1ccccc1. The van der Waals surface area contributed by atoms with Gasteiger partial charge in [0.2, 0.25) is 0 Å². The minimum absolute atomic E-state index is 0.190. The molecule has 3 aromatic carbocycles. The lowest BCUT2D eigenvalue weighted by molar-refractivity contribution is -0.139. The van der Waals surface area contributed by atoms with Gasteiger partial charge < -0.3 is 10.5 Å². The third-order valence-corrected chi connectivity index (χ3v) is 5.16. The molecule has 29 heavy (non-hydrogen) atoms. The molecule has 1 aliphatic heterocycles. The Morgan fingerprint density at radius 3 is 1.83 bits per heavy atom. The number of aliphatic imine (C=N–C) groups is 1. The van der Waals surface area contributed by atoms with Gasteiger partial charge in [-0.05, 0) is 23.6 Å². The van der Waals surface area contributed by atoms with Crippen molar-refractivity contribution in [2.75, 3.05) is 6.61 Å². The van der Waals surface area contributed by atoms with Crippen LogP contribution >= 0.6 is 0 Å². The quantitative estimate of drug-likeness (QED) is 0.673. The number of hydrogen-bond acceptors (Lipinski definition) is 4. The van der Waals surface area contributed by atoms with E-state index in [0.717, 1.165) is 22.4 Å². The van der Waals surface area contributed by atoms with E-state index in [0.29, 0.717) is 5.57 Å². The predicted octanol–water partition coefficient (Wildman–Crippen LogP) is 4.21. The molecule has 1 heterocycles. The number of hydrogen-bond donors (Lipinski definition) is 1. The normalized spacial score (nSPS) is 15.1. The van der Waals surface area contributed by atoms with E-state index in [9.17, 15) is 4.79 Å². The lowest BCUT2D eigenvalue weighted by Gasteiger charge is -2.34. The number of nitrogens with two attached hydrogens (primary N) is 1. The molecular formula is C25H22N2O2. The smallest absolute Gasteiger partial charge is 0.339 e. The minimum Gasteiger partial charge on any atom is -0.462 e. The topological polar surface area (TPSA) is 64.7 Å². The highest BCUT2D eigenvalue weighted by Crippen LogP contribution is 2.47. The highest BCUT2D eigenvalue weighted by Gasteiger charge is 2.51. The molecule has 2 N–H and O–H groups in total. The number of carbonyl (C=O) groups excluding carboxylic acids is 1. The van der Waals surface area contributed by atoms with Gasteiger partial charge in [0, 0.05) is 0 Å². The maximum absolute atomic E-state index is 13.2. The third kappa shape index (κ3) is 3.03. The molecule has 3 aromatic rings. The van der Waals surface area contributed by atoms with Crippen LogP contribution in [0, 0.1) is 0 Å². The molecule has 0 aliphatic carbocycles. The van der Waals surface area contributed by atoms with Crippen molar-refractivity contribution < 1.29 is 9.53 Å². The van der Waals surface area contributed by atoms with Crippen LogP contribution in [0.4, 0.5) is 0 Å². The highest BCUT2D eigenvalue weighted by atomic mass is 16.5. The zero-order chi connectivity index (χ0) is 20.3. The van der Waals surface area contributed by atoms with E-state index in [2.05, 4.69) is 0 Å². The van der Waals surface area contributed by atoms with Gasteiger partial charge in [0.05, 0.1) is 17.7 Å². The van der Waals surface area contributed by atoms with E-state index < -0.39 is 11.4 Å². The fourth-order valence-electron chi connectivity index (χ4n) is 4.01. The zero-order valence-corrected chi connectivity index (χ0v) is 16.2. The number of benzene rings is 3. The van der Waals surface area contributed by atoms with E-state index in [1.165, 1.54) is 0 Å². The van der Waals surface area contributed by atoms with Gasteiger partial charge in [-0.25, -0.2) is 9.79 Å². The van der Waals surface area contributed by atoms with Gasteiger partial charge in [0.25, 0.3) is 0 Å². The van der Waals surface area contributed by atoms with Crippen molar-refractivity contribution in [3.63, 3.8) is 0 Å². The lowest BCUT2D eigenvalue weighted by Crippen LogP contribution is -2.41. The lowest BCUT2D eigenvalue weighted by atomic mass is 9.65. The van der Waals surface area contributed by atoms with Gasteiger partial charge in [-0.2, -0.15) is 0 Å². The predicted molar refractivity (Wildman–Crippen MR) is 114 cm³/mol. The van der Waals surface area contributed by atoms with Crippen molar-refractivity contribution in [3.8, 4) is 0 Å². The fraction of sp³-hybridized carbons (Fsp3) is 0.120. The van der Waals surface area contributed by atoms with Crippen LogP contribution in [0.2, 0.25) is 0 Å². The van der Waals surface area contributed by atoms with Crippen molar-refractivity contribution in [1.82, 2.24) is 0 Å². The summed E-state index contributed by atoms with van der Waals surface area (Å²) in [5.74, 6) is -0.262. The summed E-state index contributed by atoms with van der Waals surface area (Å²) in [6.07, 6.45) is 0. The van der Waals surface area contributed by atoms with Crippen molar-refractivity contribution in [1.29, 1.82) is 0 Å². The minimum atomic E-state index is -0.958. The molecule has 0 spiro atoms. The summed E-state index contributed by atoms with van der Waals surface area (Å²) in [4.78, 5) is 17.9. The molecule has 0 saturated carbocycles. The molecule has 4 nitrogen and oxygen atoms in total. The Balaban J connectivity index is 2.09. The summed E-state index contributed by atoms with van der Waals surface area (Å²) >= 11 is 0. The van der Waals surface area contributed by atoms with Crippen molar-refractivity contribution >= 4 is 11.7 Å². The molecule has 0 radical (unpaired) electrons. The van der Waals surface area contributed by atoms with Gasteiger partial charge in [-0.1, -0.05) is 91.0 Å². The molecule has 0 saturated heterocycles. The third-order valence-electron chi connectivity index (χ3n) is 5.16. The molecular weight excluding hydrogens is 360 g/mol. The Morgan fingerprint density at radius 2 is 1.34 bits per heavy atom. The highest BCUT2D eigenvalue weighted by molar-refractivity contribution is 6.20. The second-order valence-electron chi connectivity index (χ2n) is 6.79. The monoisotopic (exact) mass is 382 g/mol. The van der Waals surface area contributed by atoms with Crippen LogP contribution in [0.15, 0.2) is 107 Å². The molecule has 0 unspecified atom stereocenters. The Kier molecular flexibility index (Phi) is 5.00. The summed E-state index contributed by atoms with van der Waals surface area (Å²) in [5.41, 5.74) is 9.23. The summed E-state index contributed by atoms with van der Waals surface area (Å²) in [6, 6.07) is 29.6. The number of nitrogens with zero attached hydrogens (tertiary/aromatic N) is 1. The van der Waals surface area contributed by atoms with Gasteiger partial charge >= 0.3 is 5.97 Å². The maximum Gasteiger partial charge on any atom is 0.339 e. The van der Waals surface area contributed by atoms with Gasteiger partial charge in [0.15, 0.2) is 0 Å². The standard InChI is InChI=1S/C25H22N2O2/c1-2-29-24(28)21-23(26)27-22(18-12-6-3-7-13-18)25(21,19-14-8-4-9-15-19)20-16-10-5-11-17-20/h3-17H,2,26H2,1H3. The number of esters is 1. The van der Waals surface area contributed by atoms with Crippen LogP contribution in [-0.4, -0.2) is 18.3 Å².